The average Bonchev–Trinajstić information content (AvgIpc) is 2.63. The minimum absolute atomic E-state index is 0.439. The summed E-state index contributed by atoms with van der Waals surface area (Å²) in [5, 5.41) is 24.5. The third-order valence-electron chi connectivity index (χ3n) is 7.34. The van der Waals surface area contributed by atoms with Gasteiger partial charge in [0.1, 0.15) is 0 Å². The Morgan fingerprint density at radius 1 is 0.812 bits per heavy atom. The van der Waals surface area contributed by atoms with Crippen molar-refractivity contribution < 1.29 is 0 Å². The first-order chi connectivity index (χ1) is 15.2. The zero-order valence-corrected chi connectivity index (χ0v) is 23.0. The fourth-order valence-corrected chi connectivity index (χ4v) is 8.03. The van der Waals surface area contributed by atoms with Crippen LogP contribution < -0.4 is 10.6 Å². The van der Waals surface area contributed by atoms with Crippen molar-refractivity contribution in [2.24, 2.45) is 23.2 Å². The van der Waals surface area contributed by atoms with Crippen LogP contribution in [0.3, 0.4) is 0 Å². The smallest absolute Gasteiger partial charge is 0.0931 e. The van der Waals surface area contributed by atoms with Gasteiger partial charge in [-0.05, 0) is 61.7 Å². The van der Waals surface area contributed by atoms with Crippen LogP contribution in [0.15, 0.2) is 0 Å². The molecule has 2 fully saturated rings. The van der Waals surface area contributed by atoms with Crippen LogP contribution >= 0.6 is 23.5 Å². The Labute approximate surface area is 207 Å². The molecular formula is C26H50N4S2. The Kier molecular flexibility index (Phi) is 12.3. The zero-order chi connectivity index (χ0) is 23.6. The lowest BCUT2D eigenvalue weighted by molar-refractivity contribution is 0.150. The van der Waals surface area contributed by atoms with Crippen LogP contribution in [0.25, 0.3) is 0 Å². The van der Waals surface area contributed by atoms with Crippen LogP contribution in [0.2, 0.25) is 0 Å². The summed E-state index contributed by atoms with van der Waals surface area (Å²) >= 11 is 4.20. The molecule has 6 heteroatoms. The molecule has 186 valence electrons. The van der Waals surface area contributed by atoms with Crippen molar-refractivity contribution in [2.75, 3.05) is 24.6 Å². The Morgan fingerprint density at radius 3 is 1.75 bits per heavy atom. The first kappa shape index (κ1) is 27.9. The van der Waals surface area contributed by atoms with Gasteiger partial charge in [0.05, 0.1) is 11.7 Å². The van der Waals surface area contributed by atoms with E-state index in [-0.39, 0.29) is 0 Å². The highest BCUT2D eigenvalue weighted by atomic mass is 32.2. The van der Waals surface area contributed by atoms with E-state index in [0.29, 0.717) is 17.1 Å². The maximum atomic E-state index is 8.12. The van der Waals surface area contributed by atoms with Gasteiger partial charge < -0.3 is 10.6 Å². The molecule has 4 atom stereocenters. The second kappa shape index (κ2) is 14.1. The predicted molar refractivity (Wildman–Crippen MR) is 147 cm³/mol. The Bertz CT molecular complexity index is 573. The second-order valence-corrected chi connectivity index (χ2v) is 13.9. The number of hydrogen-bond donors (Lipinski definition) is 4. The van der Waals surface area contributed by atoms with E-state index in [1.54, 1.807) is 0 Å². The Balaban J connectivity index is 1.37. The zero-order valence-electron chi connectivity index (χ0n) is 21.4. The summed E-state index contributed by atoms with van der Waals surface area (Å²) in [6.07, 6.45) is 10.4. The summed E-state index contributed by atoms with van der Waals surface area (Å²) in [5.41, 5.74) is 0.439. The maximum Gasteiger partial charge on any atom is 0.0931 e. The molecule has 2 aliphatic rings. The molecule has 2 rings (SSSR count). The summed E-state index contributed by atoms with van der Waals surface area (Å²) < 4.78 is 0. The lowest BCUT2D eigenvalue weighted by Crippen LogP contribution is -2.39. The fourth-order valence-electron chi connectivity index (χ4n) is 4.91. The van der Waals surface area contributed by atoms with Crippen molar-refractivity contribution in [2.45, 2.75) is 103 Å². The van der Waals surface area contributed by atoms with Gasteiger partial charge in [0.15, 0.2) is 0 Å². The van der Waals surface area contributed by atoms with Gasteiger partial charge in [-0.2, -0.15) is 23.5 Å². The highest BCUT2D eigenvalue weighted by Gasteiger charge is 2.39. The van der Waals surface area contributed by atoms with Crippen molar-refractivity contribution >= 4 is 35.2 Å². The molecule has 4 unspecified atom stereocenters. The van der Waals surface area contributed by atoms with Crippen LogP contribution in [0.4, 0.5) is 0 Å². The molecule has 0 aromatic heterocycles. The van der Waals surface area contributed by atoms with E-state index in [1.807, 2.05) is 0 Å². The molecule has 0 heterocycles. The standard InChI is InChI=1S/C26H50N4S2/c1-19(2)20-11-13-22(20)31-17-15-29-24(27)9-7-6-8-10-25(28)30-16-18-32-23-14-12-21(23)26(3,4)5/h19-23H,6-18H2,1-5H3,(H2,27,29)(H2,28,30). The first-order valence-corrected chi connectivity index (χ1v) is 15.1. The van der Waals surface area contributed by atoms with Gasteiger partial charge in [-0.3, -0.25) is 10.8 Å². The minimum atomic E-state index is 0.439. The molecule has 2 saturated carbocycles. The van der Waals surface area contributed by atoms with E-state index in [0.717, 1.165) is 85.0 Å². The van der Waals surface area contributed by atoms with Crippen molar-refractivity contribution in [1.29, 1.82) is 10.8 Å². The summed E-state index contributed by atoms with van der Waals surface area (Å²) in [5.74, 6) is 6.20. The predicted octanol–water partition coefficient (Wildman–Crippen LogP) is 6.80. The summed E-state index contributed by atoms with van der Waals surface area (Å²) in [7, 11) is 0. The number of unbranched alkanes of at least 4 members (excludes halogenated alkanes) is 2. The van der Waals surface area contributed by atoms with Crippen LogP contribution in [-0.4, -0.2) is 46.8 Å². The lowest BCUT2D eigenvalue weighted by Gasteiger charge is -2.45. The van der Waals surface area contributed by atoms with Gasteiger partial charge >= 0.3 is 0 Å². The molecule has 4 nitrogen and oxygen atoms in total. The maximum absolute atomic E-state index is 8.12. The summed E-state index contributed by atoms with van der Waals surface area (Å²) in [6, 6.07) is 0. The van der Waals surface area contributed by atoms with Gasteiger partial charge in [-0.25, -0.2) is 0 Å². The average molecular weight is 483 g/mol. The molecule has 0 aromatic rings. The van der Waals surface area contributed by atoms with Crippen LogP contribution in [0.1, 0.15) is 92.4 Å². The number of amidine groups is 2. The second-order valence-electron chi connectivity index (χ2n) is 11.2. The molecule has 0 saturated heterocycles. The van der Waals surface area contributed by atoms with Gasteiger partial charge in [-0.1, -0.05) is 41.0 Å². The molecule has 0 radical (unpaired) electrons. The van der Waals surface area contributed by atoms with Crippen LogP contribution in [0, 0.1) is 34.0 Å². The van der Waals surface area contributed by atoms with Gasteiger partial charge in [-0.15, -0.1) is 0 Å². The van der Waals surface area contributed by atoms with E-state index < -0.39 is 0 Å². The van der Waals surface area contributed by atoms with E-state index in [4.69, 9.17) is 10.8 Å². The monoisotopic (exact) mass is 482 g/mol. The third-order valence-corrected chi connectivity index (χ3v) is 10.2. The largest absolute Gasteiger partial charge is 0.373 e. The fraction of sp³-hybridized carbons (Fsp3) is 0.923. The highest BCUT2D eigenvalue weighted by Crippen LogP contribution is 2.47. The van der Waals surface area contributed by atoms with Gasteiger partial charge in [0.2, 0.25) is 0 Å². The lowest BCUT2D eigenvalue weighted by atomic mass is 9.68. The van der Waals surface area contributed by atoms with Crippen molar-refractivity contribution in [3.05, 3.63) is 0 Å². The molecule has 0 aromatic carbocycles. The Hall–Kier alpha value is -0.360. The summed E-state index contributed by atoms with van der Waals surface area (Å²) in [4.78, 5) is 0. The third kappa shape index (κ3) is 9.87. The molecule has 32 heavy (non-hydrogen) atoms. The molecule has 0 spiro atoms. The number of thioether (sulfide) groups is 2. The minimum Gasteiger partial charge on any atom is -0.373 e. The first-order valence-electron chi connectivity index (χ1n) is 13.0. The highest BCUT2D eigenvalue weighted by molar-refractivity contribution is 8.00. The van der Waals surface area contributed by atoms with E-state index in [9.17, 15) is 0 Å². The number of rotatable bonds is 15. The van der Waals surface area contributed by atoms with Crippen molar-refractivity contribution in [3.63, 3.8) is 0 Å². The van der Waals surface area contributed by atoms with Crippen molar-refractivity contribution in [3.8, 4) is 0 Å². The molecule has 0 bridgehead atoms. The van der Waals surface area contributed by atoms with Crippen molar-refractivity contribution in [1.82, 2.24) is 10.6 Å². The normalized spacial score (nSPS) is 25.2. The van der Waals surface area contributed by atoms with Crippen LogP contribution in [-0.2, 0) is 0 Å². The summed E-state index contributed by atoms with van der Waals surface area (Å²) in [6.45, 7) is 13.6. The van der Waals surface area contributed by atoms with E-state index >= 15 is 0 Å². The molecular weight excluding hydrogens is 432 g/mol. The van der Waals surface area contributed by atoms with Gasteiger partial charge in [0.25, 0.3) is 0 Å². The van der Waals surface area contributed by atoms with Gasteiger partial charge in [0, 0.05) is 47.9 Å². The number of hydrogen-bond acceptors (Lipinski definition) is 4. The quantitative estimate of drug-likeness (QED) is 0.118. The molecule has 0 aliphatic heterocycles. The number of nitrogens with one attached hydrogen (secondary N) is 4. The molecule has 0 amide bonds. The Morgan fingerprint density at radius 2 is 1.34 bits per heavy atom. The van der Waals surface area contributed by atoms with E-state index in [1.165, 1.54) is 25.7 Å². The van der Waals surface area contributed by atoms with Crippen LogP contribution in [0.5, 0.6) is 0 Å². The SMILES string of the molecule is CC(C)C1CCC1SCCNC(=N)CCCCCC(=N)NCCSC1CCC1C(C)(C)C. The topological polar surface area (TPSA) is 71.8 Å². The molecule has 2 aliphatic carbocycles. The van der Waals surface area contributed by atoms with E-state index in [2.05, 4.69) is 68.8 Å². The molecule has 4 N–H and O–H groups in total.